The highest BCUT2D eigenvalue weighted by atomic mass is 35.5. The first-order valence-corrected chi connectivity index (χ1v) is 6.04. The van der Waals surface area contributed by atoms with Gasteiger partial charge in [0.05, 0.1) is 24.2 Å². The summed E-state index contributed by atoms with van der Waals surface area (Å²) in [4.78, 5) is 11.7. The number of carbonyl (C=O) groups is 1. The lowest BCUT2D eigenvalue weighted by molar-refractivity contribution is -0.188. The molecule has 0 saturated heterocycles. The Morgan fingerprint density at radius 1 is 1.45 bits per heavy atom. The molecule has 1 aromatic rings. The van der Waals surface area contributed by atoms with Crippen molar-refractivity contribution in [3.05, 3.63) is 34.3 Å². The van der Waals surface area contributed by atoms with Gasteiger partial charge >= 0.3 is 12.1 Å². The molecule has 0 radical (unpaired) electrons. The van der Waals surface area contributed by atoms with Gasteiger partial charge in [-0.15, -0.1) is 0 Å². The van der Waals surface area contributed by atoms with Crippen LogP contribution >= 0.6 is 11.6 Å². The van der Waals surface area contributed by atoms with E-state index in [9.17, 15) is 18.0 Å². The van der Waals surface area contributed by atoms with Crippen molar-refractivity contribution in [2.75, 3.05) is 13.7 Å². The molecule has 1 atom stereocenters. The first kappa shape index (κ1) is 14.8. The van der Waals surface area contributed by atoms with Gasteiger partial charge in [0.2, 0.25) is 5.54 Å². The van der Waals surface area contributed by atoms with Gasteiger partial charge in [-0.05, 0) is 6.07 Å². The van der Waals surface area contributed by atoms with Crippen LogP contribution in [0.25, 0.3) is 0 Å². The second-order valence-electron chi connectivity index (χ2n) is 4.23. The normalized spacial score (nSPS) is 22.1. The summed E-state index contributed by atoms with van der Waals surface area (Å²) in [6.07, 6.45) is -5.04. The molecule has 0 saturated carbocycles. The lowest BCUT2D eigenvalue weighted by Crippen LogP contribution is -2.40. The Kier molecular flexibility index (Phi) is 3.73. The molecule has 0 bridgehead atoms. The Hall–Kier alpha value is -1.63. The Bertz CT molecular complexity index is 574. The van der Waals surface area contributed by atoms with E-state index in [0.29, 0.717) is 0 Å². The van der Waals surface area contributed by atoms with E-state index in [-0.39, 0.29) is 29.1 Å². The summed E-state index contributed by atoms with van der Waals surface area (Å²) in [6, 6.07) is 3.84. The maximum atomic E-state index is 13.4. The van der Waals surface area contributed by atoms with E-state index in [0.717, 1.165) is 7.11 Å². The number of benzene rings is 1. The van der Waals surface area contributed by atoms with Crippen molar-refractivity contribution in [2.45, 2.75) is 18.1 Å². The summed E-state index contributed by atoms with van der Waals surface area (Å²) >= 11 is 5.85. The van der Waals surface area contributed by atoms with Crippen molar-refractivity contribution >= 4 is 17.6 Å². The first-order chi connectivity index (χ1) is 9.33. The molecular weight excluding hydrogens is 297 g/mol. The fourth-order valence-corrected chi connectivity index (χ4v) is 2.40. The van der Waals surface area contributed by atoms with Crippen LogP contribution in [0.15, 0.2) is 28.4 Å². The number of carbonyl (C=O) groups excluding carboxylic acids is 1. The molecule has 0 aliphatic carbocycles. The topological polar surface area (TPSA) is 51.0 Å². The number of halogens is 4. The van der Waals surface area contributed by atoms with Crippen molar-refractivity contribution in [3.63, 3.8) is 0 Å². The lowest BCUT2D eigenvalue weighted by Gasteiger charge is -2.29. The minimum Gasteiger partial charge on any atom is -0.465 e. The summed E-state index contributed by atoms with van der Waals surface area (Å²) in [5, 5.41) is 6.70. The van der Waals surface area contributed by atoms with Crippen LogP contribution < -0.4 is 0 Å². The molecule has 1 unspecified atom stereocenters. The Balaban J connectivity index is 2.71. The second-order valence-corrected chi connectivity index (χ2v) is 4.63. The monoisotopic (exact) mass is 306 g/mol. The van der Waals surface area contributed by atoms with Gasteiger partial charge in [0, 0.05) is 12.0 Å². The standard InChI is InChI=1S/C12H10ClF3N2O2/c1-20-10(19)9-7(3-2-4-8(9)13)11(12(14,15)16)5-6-17-18-11/h2-4H,5-6H2,1H3. The van der Waals surface area contributed by atoms with Crippen molar-refractivity contribution in [1.29, 1.82) is 0 Å². The molecule has 1 heterocycles. The van der Waals surface area contributed by atoms with Gasteiger partial charge in [-0.2, -0.15) is 23.4 Å². The van der Waals surface area contributed by atoms with E-state index in [4.69, 9.17) is 11.6 Å². The van der Waals surface area contributed by atoms with Crippen molar-refractivity contribution < 1.29 is 22.7 Å². The molecule has 4 nitrogen and oxygen atoms in total. The summed E-state index contributed by atoms with van der Waals surface area (Å²) < 4.78 is 44.8. The van der Waals surface area contributed by atoms with Gasteiger partial charge in [-0.1, -0.05) is 23.7 Å². The Morgan fingerprint density at radius 3 is 2.65 bits per heavy atom. The van der Waals surface area contributed by atoms with Gasteiger partial charge in [0.15, 0.2) is 0 Å². The van der Waals surface area contributed by atoms with Gasteiger partial charge in [0.1, 0.15) is 0 Å². The number of alkyl halides is 3. The number of ether oxygens (including phenoxy) is 1. The van der Waals surface area contributed by atoms with E-state index < -0.39 is 17.7 Å². The zero-order valence-corrected chi connectivity index (χ0v) is 11.1. The minimum atomic E-state index is -4.68. The largest absolute Gasteiger partial charge is 0.465 e. The Morgan fingerprint density at radius 2 is 2.15 bits per heavy atom. The van der Waals surface area contributed by atoms with Crippen LogP contribution in [0.5, 0.6) is 0 Å². The zero-order chi connectivity index (χ0) is 15.0. The molecule has 108 valence electrons. The average Bonchev–Trinajstić information content (AvgIpc) is 2.87. The maximum absolute atomic E-state index is 13.4. The van der Waals surface area contributed by atoms with Crippen molar-refractivity contribution in [1.82, 2.24) is 0 Å². The molecule has 0 amide bonds. The number of nitrogens with zero attached hydrogens (tertiary/aromatic N) is 2. The van der Waals surface area contributed by atoms with Gasteiger partial charge < -0.3 is 4.74 Å². The molecule has 0 spiro atoms. The second kappa shape index (κ2) is 5.05. The predicted molar refractivity (Wildman–Crippen MR) is 64.9 cm³/mol. The first-order valence-electron chi connectivity index (χ1n) is 5.66. The van der Waals surface area contributed by atoms with Crippen LogP contribution in [0.3, 0.4) is 0 Å². The fourth-order valence-electron chi connectivity index (χ4n) is 2.15. The number of azo groups is 1. The minimum absolute atomic E-state index is 0.0629. The number of rotatable bonds is 2. The highest BCUT2D eigenvalue weighted by Crippen LogP contribution is 2.49. The number of methoxy groups -OCH3 is 1. The van der Waals surface area contributed by atoms with E-state index in [2.05, 4.69) is 15.0 Å². The third-order valence-corrected chi connectivity index (χ3v) is 3.45. The molecule has 0 N–H and O–H groups in total. The van der Waals surface area contributed by atoms with Crippen LogP contribution in [-0.2, 0) is 10.3 Å². The summed E-state index contributed by atoms with van der Waals surface area (Å²) in [7, 11) is 1.08. The van der Waals surface area contributed by atoms with Crippen LogP contribution in [0, 0.1) is 0 Å². The van der Waals surface area contributed by atoms with Crippen LogP contribution in [0.1, 0.15) is 22.3 Å². The SMILES string of the molecule is COC(=O)c1c(Cl)cccc1C1(C(F)(F)F)CCN=N1. The number of hydrogen-bond acceptors (Lipinski definition) is 4. The molecule has 1 aliphatic rings. The van der Waals surface area contributed by atoms with E-state index in [1.807, 2.05) is 0 Å². The molecule has 8 heteroatoms. The molecular formula is C12H10ClF3N2O2. The highest BCUT2D eigenvalue weighted by Gasteiger charge is 2.59. The van der Waals surface area contributed by atoms with E-state index >= 15 is 0 Å². The number of hydrogen-bond donors (Lipinski definition) is 0. The Labute approximate surface area is 117 Å². The van der Waals surface area contributed by atoms with Gasteiger partial charge in [-0.3, -0.25) is 0 Å². The predicted octanol–water partition coefficient (Wildman–Crippen LogP) is 3.74. The third-order valence-electron chi connectivity index (χ3n) is 3.13. The maximum Gasteiger partial charge on any atom is 0.419 e. The summed E-state index contributed by atoms with van der Waals surface area (Å²) in [5.74, 6) is -0.934. The molecule has 1 aromatic carbocycles. The molecule has 1 aliphatic heterocycles. The number of esters is 1. The molecule has 0 aromatic heterocycles. The summed E-state index contributed by atoms with van der Waals surface area (Å²) in [5.41, 5.74) is -3.19. The quantitative estimate of drug-likeness (QED) is 0.782. The lowest BCUT2D eigenvalue weighted by atomic mass is 9.84. The van der Waals surface area contributed by atoms with E-state index in [1.165, 1.54) is 18.2 Å². The molecule has 2 rings (SSSR count). The molecule has 0 fully saturated rings. The van der Waals surface area contributed by atoms with Gasteiger partial charge in [-0.25, -0.2) is 4.79 Å². The smallest absolute Gasteiger partial charge is 0.419 e. The van der Waals surface area contributed by atoms with Gasteiger partial charge in [0.25, 0.3) is 0 Å². The fraction of sp³-hybridized carbons (Fsp3) is 0.417. The van der Waals surface area contributed by atoms with Crippen LogP contribution in [0.4, 0.5) is 13.2 Å². The third kappa shape index (κ3) is 2.15. The summed E-state index contributed by atoms with van der Waals surface area (Å²) in [6.45, 7) is -0.0629. The highest BCUT2D eigenvalue weighted by molar-refractivity contribution is 6.33. The average molecular weight is 307 g/mol. The van der Waals surface area contributed by atoms with Crippen molar-refractivity contribution in [3.8, 4) is 0 Å². The molecule has 20 heavy (non-hydrogen) atoms. The van der Waals surface area contributed by atoms with Crippen LogP contribution in [0.2, 0.25) is 5.02 Å². The van der Waals surface area contributed by atoms with Crippen LogP contribution in [-0.4, -0.2) is 25.8 Å². The van der Waals surface area contributed by atoms with E-state index in [1.54, 1.807) is 0 Å². The zero-order valence-electron chi connectivity index (χ0n) is 10.4. The van der Waals surface area contributed by atoms with Crippen molar-refractivity contribution in [2.24, 2.45) is 10.2 Å².